The molecule has 0 aliphatic rings. The molecule has 0 radical (unpaired) electrons. The summed E-state index contributed by atoms with van der Waals surface area (Å²) in [4.78, 5) is 2.34. The quantitative estimate of drug-likeness (QED) is 0.856. The predicted octanol–water partition coefficient (Wildman–Crippen LogP) is 4.19. The number of anilines is 1. The van der Waals surface area contributed by atoms with Crippen LogP contribution in [0.2, 0.25) is 0 Å². The first-order valence-electron chi connectivity index (χ1n) is 6.68. The molecule has 0 spiro atoms. The minimum atomic E-state index is 0. The van der Waals surface area contributed by atoms with Gasteiger partial charge in [0.15, 0.2) is 0 Å². The van der Waals surface area contributed by atoms with E-state index in [9.17, 15) is 0 Å². The molecule has 1 unspecified atom stereocenters. The van der Waals surface area contributed by atoms with Gasteiger partial charge in [0.25, 0.3) is 0 Å². The van der Waals surface area contributed by atoms with E-state index in [1.165, 1.54) is 16.7 Å². The lowest BCUT2D eigenvalue weighted by Crippen LogP contribution is -2.22. The van der Waals surface area contributed by atoms with Crippen LogP contribution in [0.1, 0.15) is 29.7 Å². The third-order valence-electron chi connectivity index (χ3n) is 3.68. The number of rotatable bonds is 4. The van der Waals surface area contributed by atoms with E-state index in [-0.39, 0.29) is 12.4 Å². The van der Waals surface area contributed by atoms with Gasteiger partial charge in [-0.1, -0.05) is 36.4 Å². The summed E-state index contributed by atoms with van der Waals surface area (Å²) in [6.45, 7) is 5.31. The molecular formula is C17H23ClN2. The molecule has 2 rings (SSSR count). The van der Waals surface area contributed by atoms with Crippen LogP contribution >= 0.6 is 12.4 Å². The van der Waals surface area contributed by atoms with Crippen LogP contribution in [-0.4, -0.2) is 11.9 Å². The zero-order chi connectivity index (χ0) is 13.8. The average Bonchev–Trinajstić information content (AvgIpc) is 2.38. The van der Waals surface area contributed by atoms with Crippen molar-refractivity contribution >= 4 is 18.1 Å². The molecular weight excluding hydrogens is 268 g/mol. The van der Waals surface area contributed by atoms with E-state index >= 15 is 0 Å². The van der Waals surface area contributed by atoms with Crippen molar-refractivity contribution in [3.8, 4) is 0 Å². The van der Waals surface area contributed by atoms with Crippen molar-refractivity contribution in [2.45, 2.75) is 26.4 Å². The highest BCUT2D eigenvalue weighted by Gasteiger charge is 2.13. The van der Waals surface area contributed by atoms with Crippen molar-refractivity contribution in [2.75, 3.05) is 12.8 Å². The van der Waals surface area contributed by atoms with Gasteiger partial charge < -0.3 is 5.73 Å². The number of halogens is 1. The molecule has 0 bridgehead atoms. The van der Waals surface area contributed by atoms with Crippen molar-refractivity contribution in [3.63, 3.8) is 0 Å². The van der Waals surface area contributed by atoms with Gasteiger partial charge in [-0.2, -0.15) is 0 Å². The summed E-state index contributed by atoms with van der Waals surface area (Å²) in [5.41, 5.74) is 10.6. The molecule has 2 N–H and O–H groups in total. The van der Waals surface area contributed by atoms with Crippen LogP contribution in [0.15, 0.2) is 48.5 Å². The van der Waals surface area contributed by atoms with Crippen molar-refractivity contribution in [1.82, 2.24) is 4.90 Å². The maximum atomic E-state index is 5.83. The van der Waals surface area contributed by atoms with Gasteiger partial charge in [-0.15, -0.1) is 12.4 Å². The number of nitrogens with zero attached hydrogens (tertiary/aromatic N) is 1. The Morgan fingerprint density at radius 2 is 1.80 bits per heavy atom. The first-order valence-corrected chi connectivity index (χ1v) is 6.68. The van der Waals surface area contributed by atoms with Crippen LogP contribution in [0.3, 0.4) is 0 Å². The van der Waals surface area contributed by atoms with Crippen LogP contribution in [0.4, 0.5) is 5.69 Å². The number of aryl methyl sites for hydroxylation is 1. The minimum Gasteiger partial charge on any atom is -0.399 e. The lowest BCUT2D eigenvalue weighted by atomic mass is 10.0. The summed E-state index contributed by atoms with van der Waals surface area (Å²) in [5.74, 6) is 0. The van der Waals surface area contributed by atoms with Crippen molar-refractivity contribution in [3.05, 3.63) is 65.2 Å². The van der Waals surface area contributed by atoms with E-state index in [1.807, 2.05) is 18.2 Å². The number of nitrogen functional groups attached to an aromatic ring is 1. The molecule has 0 amide bonds. The zero-order valence-corrected chi connectivity index (χ0v) is 13.2. The second kappa shape index (κ2) is 7.32. The second-order valence-electron chi connectivity index (χ2n) is 5.19. The predicted molar refractivity (Wildman–Crippen MR) is 89.2 cm³/mol. The summed E-state index contributed by atoms with van der Waals surface area (Å²) < 4.78 is 0. The molecule has 0 aliphatic carbocycles. The molecule has 0 heterocycles. The number of hydrogen-bond donors (Lipinski definition) is 1. The normalized spacial score (nSPS) is 12.0. The Balaban J connectivity index is 0.00000200. The molecule has 1 atom stereocenters. The maximum Gasteiger partial charge on any atom is 0.0322 e. The zero-order valence-electron chi connectivity index (χ0n) is 12.3. The lowest BCUT2D eigenvalue weighted by Gasteiger charge is -2.26. The van der Waals surface area contributed by atoms with Crippen molar-refractivity contribution < 1.29 is 0 Å². The fraction of sp³-hybridized carbons (Fsp3) is 0.294. The highest BCUT2D eigenvalue weighted by Crippen LogP contribution is 2.23. The molecule has 2 nitrogen and oxygen atoms in total. The fourth-order valence-corrected chi connectivity index (χ4v) is 2.41. The number of nitrogens with two attached hydrogens (primary N) is 1. The average molecular weight is 291 g/mol. The Morgan fingerprint density at radius 1 is 1.10 bits per heavy atom. The third-order valence-corrected chi connectivity index (χ3v) is 3.68. The molecule has 2 aromatic rings. The Morgan fingerprint density at radius 3 is 2.45 bits per heavy atom. The van der Waals surface area contributed by atoms with Gasteiger partial charge in [0.1, 0.15) is 0 Å². The van der Waals surface area contributed by atoms with Gasteiger partial charge >= 0.3 is 0 Å². The van der Waals surface area contributed by atoms with Crippen LogP contribution in [0.25, 0.3) is 0 Å². The Hall–Kier alpha value is -1.51. The summed E-state index contributed by atoms with van der Waals surface area (Å²) in [6.07, 6.45) is 0. The molecule has 3 heteroatoms. The largest absolute Gasteiger partial charge is 0.399 e. The standard InChI is InChI=1S/C17H22N2.ClH/c1-13-7-4-5-10-17(13)14(2)19(3)12-15-8-6-9-16(18)11-15;/h4-11,14H,12,18H2,1-3H3;1H. The Kier molecular flexibility index (Phi) is 6.05. The monoisotopic (exact) mass is 290 g/mol. The van der Waals surface area contributed by atoms with Gasteiger partial charge in [-0.3, -0.25) is 4.90 Å². The summed E-state index contributed by atoms with van der Waals surface area (Å²) in [6, 6.07) is 17.1. The van der Waals surface area contributed by atoms with E-state index in [0.29, 0.717) is 6.04 Å². The van der Waals surface area contributed by atoms with Gasteiger partial charge in [-0.25, -0.2) is 0 Å². The van der Waals surface area contributed by atoms with Gasteiger partial charge in [0.05, 0.1) is 0 Å². The molecule has 108 valence electrons. The highest BCUT2D eigenvalue weighted by atomic mass is 35.5. The Bertz CT molecular complexity index is 554. The first kappa shape index (κ1) is 16.5. The van der Waals surface area contributed by atoms with Crippen LogP contribution in [-0.2, 0) is 6.54 Å². The lowest BCUT2D eigenvalue weighted by molar-refractivity contribution is 0.252. The Labute approximate surface area is 128 Å². The summed E-state index contributed by atoms with van der Waals surface area (Å²) >= 11 is 0. The van der Waals surface area contributed by atoms with E-state index in [2.05, 4.69) is 56.1 Å². The molecule has 0 fully saturated rings. The molecule has 2 aromatic carbocycles. The smallest absolute Gasteiger partial charge is 0.0322 e. The molecule has 0 aromatic heterocycles. The van der Waals surface area contributed by atoms with Crippen LogP contribution in [0, 0.1) is 6.92 Å². The first-order chi connectivity index (χ1) is 9.08. The summed E-state index contributed by atoms with van der Waals surface area (Å²) in [5, 5.41) is 0. The van der Waals surface area contributed by atoms with Gasteiger partial charge in [-0.05, 0) is 49.7 Å². The van der Waals surface area contributed by atoms with Crippen molar-refractivity contribution in [1.29, 1.82) is 0 Å². The van der Waals surface area contributed by atoms with Gasteiger partial charge in [0, 0.05) is 18.3 Å². The molecule has 20 heavy (non-hydrogen) atoms. The topological polar surface area (TPSA) is 29.3 Å². The number of hydrogen-bond acceptors (Lipinski definition) is 2. The van der Waals surface area contributed by atoms with E-state index in [1.54, 1.807) is 0 Å². The number of benzene rings is 2. The molecule has 0 aliphatic heterocycles. The van der Waals surface area contributed by atoms with E-state index < -0.39 is 0 Å². The maximum absolute atomic E-state index is 5.83. The van der Waals surface area contributed by atoms with Crippen molar-refractivity contribution in [2.24, 2.45) is 0 Å². The molecule has 0 saturated heterocycles. The van der Waals surface area contributed by atoms with E-state index in [4.69, 9.17) is 5.73 Å². The van der Waals surface area contributed by atoms with Crippen LogP contribution in [0.5, 0.6) is 0 Å². The fourth-order valence-electron chi connectivity index (χ4n) is 2.41. The highest BCUT2D eigenvalue weighted by molar-refractivity contribution is 5.85. The second-order valence-corrected chi connectivity index (χ2v) is 5.19. The third kappa shape index (κ3) is 3.99. The SMILES string of the molecule is Cc1ccccc1C(C)N(C)Cc1cccc(N)c1.Cl. The van der Waals surface area contributed by atoms with Gasteiger partial charge in [0.2, 0.25) is 0 Å². The summed E-state index contributed by atoms with van der Waals surface area (Å²) in [7, 11) is 2.15. The van der Waals surface area contributed by atoms with Crippen LogP contribution < -0.4 is 5.73 Å². The minimum absolute atomic E-state index is 0. The van der Waals surface area contributed by atoms with E-state index in [0.717, 1.165) is 12.2 Å². The molecule has 0 saturated carbocycles.